The smallest absolute Gasteiger partial charge is 0.251 e. The molecule has 2 aliphatic rings. The molecule has 1 fully saturated rings. The van der Waals surface area contributed by atoms with Crippen molar-refractivity contribution in [1.82, 2.24) is 25.2 Å². The van der Waals surface area contributed by atoms with Gasteiger partial charge in [-0.25, -0.2) is 15.0 Å². The Labute approximate surface area is 158 Å². The molecule has 0 radical (unpaired) electrons. The summed E-state index contributed by atoms with van der Waals surface area (Å²) in [6.07, 6.45) is 6.69. The molecule has 1 atom stereocenters. The van der Waals surface area contributed by atoms with Crippen LogP contribution in [0.25, 0.3) is 16.6 Å². The van der Waals surface area contributed by atoms with E-state index in [4.69, 9.17) is 10.7 Å². The molecule has 8 nitrogen and oxygen atoms in total. The Bertz CT molecular complexity index is 889. The molecule has 142 valence electrons. The molecule has 2 aromatic heterocycles. The lowest BCUT2D eigenvalue weighted by molar-refractivity contribution is 0.100. The Balaban J connectivity index is 1.79. The van der Waals surface area contributed by atoms with Crippen LogP contribution in [0.15, 0.2) is 18.5 Å². The quantitative estimate of drug-likeness (QED) is 0.740. The minimum absolute atomic E-state index is 0.280. The fraction of sp³-hybridized carbons (Fsp3) is 0.474. The van der Waals surface area contributed by atoms with Crippen LogP contribution in [0.3, 0.4) is 0 Å². The number of anilines is 1. The summed E-state index contributed by atoms with van der Waals surface area (Å²) in [7, 11) is 2.09. The zero-order valence-corrected chi connectivity index (χ0v) is 15.5. The first kappa shape index (κ1) is 17.8. The molecule has 8 heteroatoms. The summed E-state index contributed by atoms with van der Waals surface area (Å²) in [6, 6.07) is 2.04. The second kappa shape index (κ2) is 7.58. The number of hydrogen-bond donors (Lipinski definition) is 3. The van der Waals surface area contributed by atoms with E-state index in [0.29, 0.717) is 22.4 Å². The predicted molar refractivity (Wildman–Crippen MR) is 105 cm³/mol. The number of nitrogens with two attached hydrogens (primary N) is 1. The normalized spacial score (nSPS) is 21.1. The maximum atomic E-state index is 12.1. The standard InChI is InChI=1S/C19H25N7O/c1-26-7-4-12(5-8-26)15-9-14(18(20)27)16-17(25-15)19(23-11-22-16)24-13-3-2-6-21-10-13/h4,9,11,13,21H,2-3,5-8,10H2,1H3,(H2,20,27)(H,22,23,24)/t13-/m0/s1. The lowest BCUT2D eigenvalue weighted by atomic mass is 10.0. The lowest BCUT2D eigenvalue weighted by Gasteiger charge is -2.25. The van der Waals surface area contributed by atoms with Gasteiger partial charge in [-0.2, -0.15) is 0 Å². The van der Waals surface area contributed by atoms with E-state index in [1.807, 2.05) is 0 Å². The molecule has 0 saturated carbocycles. The number of likely N-dealkylation sites (N-methyl/N-ethyl adjacent to an activating group) is 1. The third kappa shape index (κ3) is 3.77. The minimum Gasteiger partial charge on any atom is -0.366 e. The SMILES string of the molecule is CN1CC=C(c2cc(C(N)=O)c3ncnc(N[C@H]4CCCNC4)c3n2)CC1. The number of amides is 1. The van der Waals surface area contributed by atoms with Crippen molar-refractivity contribution in [3.63, 3.8) is 0 Å². The van der Waals surface area contributed by atoms with Crippen LogP contribution < -0.4 is 16.4 Å². The van der Waals surface area contributed by atoms with E-state index in [9.17, 15) is 4.79 Å². The van der Waals surface area contributed by atoms with Crippen LogP contribution in [0.1, 0.15) is 35.3 Å². The van der Waals surface area contributed by atoms with Gasteiger partial charge in [-0.15, -0.1) is 0 Å². The van der Waals surface area contributed by atoms with Gasteiger partial charge in [-0.1, -0.05) is 6.08 Å². The van der Waals surface area contributed by atoms with E-state index in [2.05, 4.69) is 38.6 Å². The number of pyridine rings is 1. The molecule has 4 N–H and O–H groups in total. The summed E-state index contributed by atoms with van der Waals surface area (Å²) in [5.41, 5.74) is 9.06. The maximum absolute atomic E-state index is 12.1. The largest absolute Gasteiger partial charge is 0.366 e. The van der Waals surface area contributed by atoms with Crippen LogP contribution in [0.5, 0.6) is 0 Å². The number of piperidine rings is 1. The highest BCUT2D eigenvalue weighted by atomic mass is 16.1. The Morgan fingerprint density at radius 3 is 2.96 bits per heavy atom. The van der Waals surface area contributed by atoms with Gasteiger partial charge in [-0.05, 0) is 44.5 Å². The predicted octanol–water partition coefficient (Wildman–Crippen LogP) is 1.01. The summed E-state index contributed by atoms with van der Waals surface area (Å²) >= 11 is 0. The number of rotatable bonds is 4. The topological polar surface area (TPSA) is 109 Å². The number of carbonyl (C=O) groups is 1. The van der Waals surface area contributed by atoms with Crippen molar-refractivity contribution in [3.05, 3.63) is 29.7 Å². The van der Waals surface area contributed by atoms with E-state index in [0.717, 1.165) is 56.7 Å². The van der Waals surface area contributed by atoms with Crippen molar-refractivity contribution in [1.29, 1.82) is 0 Å². The van der Waals surface area contributed by atoms with Crippen LogP contribution in [0.2, 0.25) is 0 Å². The van der Waals surface area contributed by atoms with Gasteiger partial charge in [0.1, 0.15) is 17.4 Å². The van der Waals surface area contributed by atoms with E-state index < -0.39 is 5.91 Å². The summed E-state index contributed by atoms with van der Waals surface area (Å²) < 4.78 is 0. The molecule has 27 heavy (non-hydrogen) atoms. The Morgan fingerprint density at radius 1 is 1.37 bits per heavy atom. The van der Waals surface area contributed by atoms with Gasteiger partial charge in [0.15, 0.2) is 5.82 Å². The number of fused-ring (bicyclic) bond motifs is 1. The zero-order chi connectivity index (χ0) is 18.8. The third-order valence-electron chi connectivity index (χ3n) is 5.24. The summed E-state index contributed by atoms with van der Waals surface area (Å²) in [4.78, 5) is 27.9. The number of primary amides is 1. The van der Waals surface area contributed by atoms with E-state index in [-0.39, 0.29) is 6.04 Å². The molecule has 0 spiro atoms. The third-order valence-corrected chi connectivity index (χ3v) is 5.24. The van der Waals surface area contributed by atoms with E-state index >= 15 is 0 Å². The molecule has 0 bridgehead atoms. The van der Waals surface area contributed by atoms with Crippen molar-refractivity contribution >= 4 is 28.3 Å². The summed E-state index contributed by atoms with van der Waals surface area (Å²) in [6.45, 7) is 3.75. The van der Waals surface area contributed by atoms with Gasteiger partial charge < -0.3 is 21.3 Å². The molecule has 1 amide bonds. The highest BCUT2D eigenvalue weighted by Gasteiger charge is 2.20. The lowest BCUT2D eigenvalue weighted by Crippen LogP contribution is -2.38. The maximum Gasteiger partial charge on any atom is 0.251 e. The average Bonchev–Trinajstić information content (AvgIpc) is 2.69. The molecular formula is C19H25N7O. The Morgan fingerprint density at radius 2 is 2.26 bits per heavy atom. The van der Waals surface area contributed by atoms with Gasteiger partial charge in [0.25, 0.3) is 5.91 Å². The Kier molecular flexibility index (Phi) is 5.00. The number of nitrogens with one attached hydrogen (secondary N) is 2. The second-order valence-corrected chi connectivity index (χ2v) is 7.27. The first-order chi connectivity index (χ1) is 13.1. The van der Waals surface area contributed by atoms with Crippen molar-refractivity contribution in [3.8, 4) is 0 Å². The van der Waals surface area contributed by atoms with Crippen LogP contribution in [0, 0.1) is 0 Å². The van der Waals surface area contributed by atoms with Crippen molar-refractivity contribution in [2.24, 2.45) is 5.73 Å². The number of hydrogen-bond acceptors (Lipinski definition) is 7. The van der Waals surface area contributed by atoms with Crippen molar-refractivity contribution in [2.75, 3.05) is 38.5 Å². The van der Waals surface area contributed by atoms with Crippen LogP contribution in [-0.4, -0.2) is 65.0 Å². The van der Waals surface area contributed by atoms with Crippen molar-refractivity contribution < 1.29 is 4.79 Å². The zero-order valence-electron chi connectivity index (χ0n) is 15.5. The van der Waals surface area contributed by atoms with E-state index in [1.54, 1.807) is 6.07 Å². The molecule has 2 aromatic rings. The summed E-state index contributed by atoms with van der Waals surface area (Å²) in [5.74, 6) is 0.160. The van der Waals surface area contributed by atoms with Crippen LogP contribution in [0.4, 0.5) is 5.82 Å². The molecule has 0 aliphatic carbocycles. The Hall–Kier alpha value is -2.58. The minimum atomic E-state index is -0.499. The van der Waals surface area contributed by atoms with Gasteiger partial charge in [0.2, 0.25) is 0 Å². The molecule has 0 unspecified atom stereocenters. The molecule has 4 rings (SSSR count). The highest BCUT2D eigenvalue weighted by Crippen LogP contribution is 2.27. The molecule has 1 saturated heterocycles. The highest BCUT2D eigenvalue weighted by molar-refractivity contribution is 6.06. The first-order valence-electron chi connectivity index (χ1n) is 9.42. The van der Waals surface area contributed by atoms with Crippen molar-refractivity contribution in [2.45, 2.75) is 25.3 Å². The van der Waals surface area contributed by atoms with E-state index in [1.165, 1.54) is 6.33 Å². The number of aromatic nitrogens is 3. The number of carbonyl (C=O) groups excluding carboxylic acids is 1. The van der Waals surface area contributed by atoms with Gasteiger partial charge in [0.05, 0.1) is 11.3 Å². The van der Waals surface area contributed by atoms with Gasteiger partial charge in [-0.3, -0.25) is 4.79 Å². The average molecular weight is 367 g/mol. The van der Waals surface area contributed by atoms with Gasteiger partial charge >= 0.3 is 0 Å². The fourth-order valence-electron chi connectivity index (χ4n) is 3.67. The van der Waals surface area contributed by atoms with Crippen LogP contribution in [-0.2, 0) is 0 Å². The monoisotopic (exact) mass is 367 g/mol. The molecule has 4 heterocycles. The second-order valence-electron chi connectivity index (χ2n) is 7.27. The summed E-state index contributed by atoms with van der Waals surface area (Å²) in [5, 5.41) is 6.86. The van der Waals surface area contributed by atoms with Gasteiger partial charge in [0, 0.05) is 25.7 Å². The molecule has 0 aromatic carbocycles. The fourth-order valence-corrected chi connectivity index (χ4v) is 3.67. The molecule has 2 aliphatic heterocycles. The number of nitrogens with zero attached hydrogens (tertiary/aromatic N) is 4. The first-order valence-corrected chi connectivity index (χ1v) is 9.42. The molecular weight excluding hydrogens is 342 g/mol. The van der Waals surface area contributed by atoms with Crippen LogP contribution >= 0.6 is 0 Å².